The number of benzene rings is 1. The molecule has 1 aromatic carbocycles. The largest absolute Gasteiger partial charge is 0.434 e. The fraction of sp³-hybridized carbons (Fsp3) is 0.700. The van der Waals surface area contributed by atoms with Gasteiger partial charge in [0.1, 0.15) is 5.75 Å². The molecule has 2 nitrogen and oxygen atoms in total. The van der Waals surface area contributed by atoms with E-state index in [4.69, 9.17) is 4.74 Å². The van der Waals surface area contributed by atoms with Gasteiger partial charge in [0, 0.05) is 24.8 Å². The Morgan fingerprint density at radius 2 is 1.79 bits per heavy atom. The fourth-order valence-electron chi connectivity index (χ4n) is 3.44. The van der Waals surface area contributed by atoms with Crippen LogP contribution in [0.2, 0.25) is 0 Å². The monoisotopic (exact) mass is 339 g/mol. The molecule has 1 saturated heterocycles. The van der Waals surface area contributed by atoms with Gasteiger partial charge in [0.25, 0.3) is 0 Å². The smallest absolute Gasteiger partial charge is 0.387 e. The van der Waals surface area contributed by atoms with Crippen molar-refractivity contribution in [3.8, 4) is 5.75 Å². The number of ether oxygens (including phenoxy) is 1. The topological polar surface area (TPSA) is 12.5 Å². The van der Waals surface area contributed by atoms with Crippen molar-refractivity contribution in [2.75, 3.05) is 18.0 Å². The molecule has 0 N–H and O–H groups in total. The molecule has 0 bridgehead atoms. The number of rotatable bonds is 7. The Labute approximate surface area is 145 Å². The van der Waals surface area contributed by atoms with Gasteiger partial charge in [-0.2, -0.15) is 8.78 Å². The van der Waals surface area contributed by atoms with Crippen LogP contribution < -0.4 is 9.64 Å². The summed E-state index contributed by atoms with van der Waals surface area (Å²) in [4.78, 5) is 2.30. The Bertz CT molecular complexity index is 508. The van der Waals surface area contributed by atoms with Crippen LogP contribution in [0.5, 0.6) is 5.75 Å². The summed E-state index contributed by atoms with van der Waals surface area (Å²) in [7, 11) is 0. The van der Waals surface area contributed by atoms with Crippen LogP contribution >= 0.6 is 0 Å². The highest BCUT2D eigenvalue weighted by molar-refractivity contribution is 5.54. The number of hydrogen-bond donors (Lipinski definition) is 0. The van der Waals surface area contributed by atoms with Gasteiger partial charge in [0.2, 0.25) is 0 Å². The van der Waals surface area contributed by atoms with Crippen molar-refractivity contribution in [2.24, 2.45) is 11.8 Å². The van der Waals surface area contributed by atoms with Crippen LogP contribution in [-0.2, 0) is 0 Å². The second-order valence-corrected chi connectivity index (χ2v) is 7.66. The van der Waals surface area contributed by atoms with Gasteiger partial charge in [0.15, 0.2) is 0 Å². The number of hydrogen-bond acceptors (Lipinski definition) is 2. The van der Waals surface area contributed by atoms with Gasteiger partial charge >= 0.3 is 6.61 Å². The maximum Gasteiger partial charge on any atom is 0.387 e. The zero-order valence-corrected chi connectivity index (χ0v) is 15.4. The van der Waals surface area contributed by atoms with Crippen molar-refractivity contribution in [1.29, 1.82) is 0 Å². The summed E-state index contributed by atoms with van der Waals surface area (Å²) in [6, 6.07) is 5.76. The highest BCUT2D eigenvalue weighted by atomic mass is 19.3. The minimum Gasteiger partial charge on any atom is -0.434 e. The first-order chi connectivity index (χ1) is 11.4. The van der Waals surface area contributed by atoms with Crippen molar-refractivity contribution in [1.82, 2.24) is 0 Å². The molecule has 136 valence electrons. The van der Waals surface area contributed by atoms with Crippen molar-refractivity contribution in [3.05, 3.63) is 23.8 Å². The minimum absolute atomic E-state index is 0.162. The Morgan fingerprint density at radius 3 is 2.33 bits per heavy atom. The molecule has 0 spiro atoms. The highest BCUT2D eigenvalue weighted by Gasteiger charge is 2.21. The van der Waals surface area contributed by atoms with E-state index in [-0.39, 0.29) is 5.92 Å². The lowest BCUT2D eigenvalue weighted by Gasteiger charge is -2.34. The average molecular weight is 339 g/mol. The van der Waals surface area contributed by atoms with Crippen LogP contribution in [0, 0.1) is 11.8 Å². The third kappa shape index (κ3) is 5.35. The number of nitrogens with zero attached hydrogens (tertiary/aromatic N) is 1. The Balaban J connectivity index is 2.02. The predicted octanol–water partition coefficient (Wildman–Crippen LogP) is 6.06. The maximum absolute atomic E-state index is 12.7. The molecule has 24 heavy (non-hydrogen) atoms. The third-order valence-corrected chi connectivity index (χ3v) is 4.97. The van der Waals surface area contributed by atoms with Crippen LogP contribution in [0.3, 0.4) is 0 Å². The molecule has 0 aromatic heterocycles. The maximum atomic E-state index is 12.7. The molecule has 4 heteroatoms. The average Bonchev–Trinajstić information content (AvgIpc) is 2.52. The fourth-order valence-corrected chi connectivity index (χ4v) is 3.44. The lowest BCUT2D eigenvalue weighted by Crippen LogP contribution is -2.33. The van der Waals surface area contributed by atoms with E-state index >= 15 is 0 Å². The highest BCUT2D eigenvalue weighted by Crippen LogP contribution is 2.34. The zero-order chi connectivity index (χ0) is 17.7. The lowest BCUT2D eigenvalue weighted by molar-refractivity contribution is -0.0505. The molecule has 1 aliphatic heterocycles. The van der Waals surface area contributed by atoms with E-state index < -0.39 is 6.61 Å². The van der Waals surface area contributed by atoms with E-state index in [1.54, 1.807) is 6.07 Å². The van der Waals surface area contributed by atoms with Crippen molar-refractivity contribution in [2.45, 2.75) is 65.9 Å². The van der Waals surface area contributed by atoms with E-state index in [0.717, 1.165) is 36.2 Å². The van der Waals surface area contributed by atoms with E-state index in [1.165, 1.54) is 25.7 Å². The van der Waals surface area contributed by atoms with Gasteiger partial charge < -0.3 is 9.64 Å². The number of piperidine rings is 1. The lowest BCUT2D eigenvalue weighted by atomic mass is 9.89. The molecule has 0 atom stereocenters. The Morgan fingerprint density at radius 1 is 1.12 bits per heavy atom. The summed E-state index contributed by atoms with van der Waals surface area (Å²) < 4.78 is 30.2. The Hall–Kier alpha value is -1.32. The summed E-state index contributed by atoms with van der Waals surface area (Å²) in [6.45, 7) is 7.75. The molecule has 1 heterocycles. The second-order valence-electron chi connectivity index (χ2n) is 7.66. The van der Waals surface area contributed by atoms with Crippen LogP contribution in [0.15, 0.2) is 18.2 Å². The molecule has 0 radical (unpaired) electrons. The molecule has 0 aliphatic carbocycles. The normalized spacial score (nSPS) is 16.5. The standard InChI is InChI=1S/C20H31F2NO/c1-14(2)5-6-16-9-11-23(12-10-16)17-7-8-18(15(3)4)19(13-17)24-20(21)22/h7-8,13-16,20H,5-6,9-12H2,1-4H3. The number of anilines is 1. The summed E-state index contributed by atoms with van der Waals surface area (Å²) in [5.41, 5.74) is 1.84. The van der Waals surface area contributed by atoms with Gasteiger partial charge in [-0.25, -0.2) is 0 Å². The molecule has 0 saturated carbocycles. The van der Waals surface area contributed by atoms with Gasteiger partial charge in [-0.15, -0.1) is 0 Å². The molecule has 0 unspecified atom stereocenters. The summed E-state index contributed by atoms with van der Waals surface area (Å²) in [5.74, 6) is 2.05. The van der Waals surface area contributed by atoms with Gasteiger partial charge in [-0.1, -0.05) is 46.6 Å². The minimum atomic E-state index is -2.78. The number of halogens is 2. The first kappa shape index (κ1) is 19.0. The summed E-state index contributed by atoms with van der Waals surface area (Å²) in [5, 5.41) is 0. The summed E-state index contributed by atoms with van der Waals surface area (Å²) >= 11 is 0. The van der Waals surface area contributed by atoms with Crippen molar-refractivity contribution >= 4 is 5.69 Å². The SMILES string of the molecule is CC(C)CCC1CCN(c2ccc(C(C)C)c(OC(F)F)c2)CC1. The van der Waals surface area contributed by atoms with Crippen molar-refractivity contribution < 1.29 is 13.5 Å². The van der Waals surface area contributed by atoms with Crippen LogP contribution in [0.1, 0.15) is 64.9 Å². The van der Waals surface area contributed by atoms with E-state index in [9.17, 15) is 8.78 Å². The third-order valence-electron chi connectivity index (χ3n) is 4.97. The molecular weight excluding hydrogens is 308 g/mol. The number of alkyl halides is 2. The van der Waals surface area contributed by atoms with Crippen LogP contribution in [-0.4, -0.2) is 19.7 Å². The van der Waals surface area contributed by atoms with E-state index in [2.05, 4.69) is 18.7 Å². The second kappa shape index (κ2) is 8.68. The molecule has 0 amide bonds. The molecule has 2 rings (SSSR count). The summed E-state index contributed by atoms with van der Waals surface area (Å²) in [6.07, 6.45) is 4.96. The quantitative estimate of drug-likeness (QED) is 0.598. The first-order valence-electron chi connectivity index (χ1n) is 9.20. The first-order valence-corrected chi connectivity index (χ1v) is 9.20. The van der Waals surface area contributed by atoms with E-state index in [1.807, 2.05) is 26.0 Å². The molecule has 1 aliphatic rings. The zero-order valence-electron chi connectivity index (χ0n) is 15.4. The predicted molar refractivity (Wildman–Crippen MR) is 96.2 cm³/mol. The molecule has 1 fully saturated rings. The molecule has 1 aromatic rings. The van der Waals surface area contributed by atoms with Crippen LogP contribution in [0.4, 0.5) is 14.5 Å². The molecular formula is C20H31F2NO. The van der Waals surface area contributed by atoms with Crippen molar-refractivity contribution in [3.63, 3.8) is 0 Å². The van der Waals surface area contributed by atoms with Gasteiger partial charge in [-0.3, -0.25) is 0 Å². The Kier molecular flexibility index (Phi) is 6.88. The van der Waals surface area contributed by atoms with Crippen LogP contribution in [0.25, 0.3) is 0 Å². The van der Waals surface area contributed by atoms with Gasteiger partial charge in [-0.05, 0) is 42.2 Å². The van der Waals surface area contributed by atoms with E-state index in [0.29, 0.717) is 5.75 Å². The van der Waals surface area contributed by atoms with Gasteiger partial charge in [0.05, 0.1) is 0 Å².